The van der Waals surface area contributed by atoms with Crippen molar-refractivity contribution in [1.29, 1.82) is 5.26 Å². The van der Waals surface area contributed by atoms with Gasteiger partial charge < -0.3 is 0 Å². The molecule has 2 rings (SSSR count). The number of thiazole rings is 1. The van der Waals surface area contributed by atoms with Crippen molar-refractivity contribution in [3.05, 3.63) is 77.7 Å². The van der Waals surface area contributed by atoms with E-state index in [4.69, 9.17) is 0 Å². The third-order valence-electron chi connectivity index (χ3n) is 3.03. The van der Waals surface area contributed by atoms with Gasteiger partial charge in [-0.05, 0) is 0 Å². The van der Waals surface area contributed by atoms with Gasteiger partial charge in [0.2, 0.25) is 0 Å². The molecule has 0 amide bonds. The monoisotopic (exact) mass is 306 g/mol. The Morgan fingerprint density at radius 1 is 1.32 bits per heavy atom. The van der Waals surface area contributed by atoms with Gasteiger partial charge in [0.05, 0.1) is 11.8 Å². The number of carbonyl (C=O) groups is 1. The van der Waals surface area contributed by atoms with Gasteiger partial charge in [0, 0.05) is 16.5 Å². The highest BCUT2D eigenvalue weighted by Gasteiger charge is 2.25. The first-order valence-corrected chi connectivity index (χ1v) is 7.49. The molecule has 1 heterocycles. The van der Waals surface area contributed by atoms with E-state index >= 15 is 0 Å². The van der Waals surface area contributed by atoms with Crippen LogP contribution in [0.2, 0.25) is 0 Å². The topological polar surface area (TPSA) is 53.8 Å². The van der Waals surface area contributed by atoms with Crippen molar-refractivity contribution in [3.63, 3.8) is 0 Å². The highest BCUT2D eigenvalue weighted by molar-refractivity contribution is 7.10. The minimum absolute atomic E-state index is 0.314. The van der Waals surface area contributed by atoms with Crippen LogP contribution in [0.25, 0.3) is 11.3 Å². The van der Waals surface area contributed by atoms with E-state index in [-0.39, 0.29) is 5.78 Å². The van der Waals surface area contributed by atoms with Gasteiger partial charge >= 0.3 is 0 Å². The number of carbonyl (C=O) groups excluding carboxylic acids is 1. The van der Waals surface area contributed by atoms with E-state index in [0.29, 0.717) is 10.6 Å². The summed E-state index contributed by atoms with van der Waals surface area (Å²) in [6.45, 7) is 7.16. The lowest BCUT2D eigenvalue weighted by Gasteiger charge is -2.05. The lowest BCUT2D eigenvalue weighted by molar-refractivity contribution is -0.115. The van der Waals surface area contributed by atoms with Gasteiger partial charge in [-0.1, -0.05) is 61.7 Å². The molecule has 1 atom stereocenters. The smallest absolute Gasteiger partial charge is 0.186 e. The molecule has 1 aromatic carbocycles. The predicted octanol–water partition coefficient (Wildman–Crippen LogP) is 4.28. The molecule has 2 aromatic rings. The number of allylic oxidation sites excluding steroid dienone is 4. The van der Waals surface area contributed by atoms with Gasteiger partial charge in [-0.3, -0.25) is 4.79 Å². The van der Waals surface area contributed by atoms with Crippen molar-refractivity contribution >= 4 is 17.1 Å². The molecule has 0 aliphatic rings. The summed E-state index contributed by atoms with van der Waals surface area (Å²) in [6, 6.07) is 11.7. The molecule has 0 saturated heterocycles. The second-order valence-corrected chi connectivity index (χ2v) is 5.31. The van der Waals surface area contributed by atoms with Gasteiger partial charge in [-0.2, -0.15) is 5.26 Å². The van der Waals surface area contributed by atoms with E-state index in [2.05, 4.69) is 18.1 Å². The average Bonchev–Trinajstić information content (AvgIpc) is 3.03. The second-order valence-electron chi connectivity index (χ2n) is 4.43. The van der Waals surface area contributed by atoms with Crippen molar-refractivity contribution in [1.82, 2.24) is 4.98 Å². The van der Waals surface area contributed by atoms with Gasteiger partial charge in [0.25, 0.3) is 0 Å². The Bertz CT molecular complexity index is 766. The summed E-state index contributed by atoms with van der Waals surface area (Å²) in [5.41, 5.74) is 2.08. The van der Waals surface area contributed by atoms with Crippen LogP contribution in [0.15, 0.2) is 72.7 Å². The minimum Gasteiger partial charge on any atom is -0.292 e. The Labute approximate surface area is 133 Å². The number of ketones is 1. The van der Waals surface area contributed by atoms with Crippen molar-refractivity contribution in [2.24, 2.45) is 0 Å². The largest absolute Gasteiger partial charge is 0.292 e. The minimum atomic E-state index is -0.924. The first-order chi connectivity index (χ1) is 10.7. The molecule has 3 nitrogen and oxygen atoms in total. The van der Waals surface area contributed by atoms with Crippen LogP contribution in [0, 0.1) is 11.3 Å². The Morgan fingerprint density at radius 3 is 2.64 bits per heavy atom. The summed E-state index contributed by atoms with van der Waals surface area (Å²) in [6.07, 6.45) is 4.48. The van der Waals surface area contributed by atoms with Gasteiger partial charge in [-0.15, -0.1) is 11.3 Å². The maximum atomic E-state index is 12.4. The summed E-state index contributed by atoms with van der Waals surface area (Å²) in [7, 11) is 0. The molecule has 0 saturated carbocycles. The quantitative estimate of drug-likeness (QED) is 0.591. The van der Waals surface area contributed by atoms with Gasteiger partial charge in [0.1, 0.15) is 5.01 Å². The summed E-state index contributed by atoms with van der Waals surface area (Å²) < 4.78 is 0. The molecule has 0 N–H and O–H groups in total. The van der Waals surface area contributed by atoms with Crippen LogP contribution in [0.1, 0.15) is 10.9 Å². The number of Topliss-reactive ketones (excluding diaryl/α,β-unsaturated/α-hetero) is 1. The number of nitrogens with zero attached hydrogens (tertiary/aromatic N) is 2. The standard InChI is InChI=1S/C18H14N2OS/c1-3-8-13(4-2)17(21)15(11-19)18-20-16(12-22-18)14-9-6-5-7-10-14/h3-10,12,15H,1-2H2/b13-8+. The molecule has 0 bridgehead atoms. The van der Waals surface area contributed by atoms with Crippen LogP contribution < -0.4 is 0 Å². The van der Waals surface area contributed by atoms with E-state index in [0.717, 1.165) is 11.3 Å². The first-order valence-electron chi connectivity index (χ1n) is 6.61. The summed E-state index contributed by atoms with van der Waals surface area (Å²) in [5.74, 6) is -1.24. The molecular formula is C18H14N2OS. The van der Waals surface area contributed by atoms with Crippen molar-refractivity contribution in [2.75, 3.05) is 0 Å². The van der Waals surface area contributed by atoms with E-state index in [1.54, 1.807) is 6.08 Å². The molecule has 0 radical (unpaired) electrons. The van der Waals surface area contributed by atoms with Crippen LogP contribution >= 0.6 is 11.3 Å². The summed E-state index contributed by atoms with van der Waals surface area (Å²) in [4.78, 5) is 16.8. The van der Waals surface area contributed by atoms with Gasteiger partial charge in [-0.25, -0.2) is 4.98 Å². The number of nitriles is 1. The molecule has 22 heavy (non-hydrogen) atoms. The summed E-state index contributed by atoms with van der Waals surface area (Å²) >= 11 is 1.31. The Balaban J connectivity index is 2.34. The van der Waals surface area contributed by atoms with Crippen LogP contribution in [-0.4, -0.2) is 10.8 Å². The molecule has 0 fully saturated rings. The maximum absolute atomic E-state index is 12.4. The zero-order valence-electron chi connectivity index (χ0n) is 11.9. The predicted molar refractivity (Wildman–Crippen MR) is 89.4 cm³/mol. The fraction of sp³-hybridized carbons (Fsp3) is 0.0556. The Hall–Kier alpha value is -2.77. The molecule has 0 spiro atoms. The zero-order chi connectivity index (χ0) is 15.9. The third kappa shape index (κ3) is 3.27. The number of aromatic nitrogens is 1. The average molecular weight is 306 g/mol. The molecule has 0 aliphatic heterocycles. The molecule has 0 aliphatic carbocycles. The van der Waals surface area contributed by atoms with E-state index in [9.17, 15) is 10.1 Å². The van der Waals surface area contributed by atoms with Crippen LogP contribution in [-0.2, 0) is 4.79 Å². The van der Waals surface area contributed by atoms with Crippen LogP contribution in [0.4, 0.5) is 0 Å². The lowest BCUT2D eigenvalue weighted by Crippen LogP contribution is -2.12. The van der Waals surface area contributed by atoms with E-state index in [1.807, 2.05) is 41.8 Å². The number of hydrogen-bond donors (Lipinski definition) is 0. The zero-order valence-corrected chi connectivity index (χ0v) is 12.7. The third-order valence-corrected chi connectivity index (χ3v) is 3.94. The fourth-order valence-electron chi connectivity index (χ4n) is 1.93. The molecule has 1 unspecified atom stereocenters. The molecular weight excluding hydrogens is 292 g/mol. The normalized spacial score (nSPS) is 12.2. The number of hydrogen-bond acceptors (Lipinski definition) is 4. The SMILES string of the molecule is C=C/C=C(\C=C)C(=O)C(C#N)c1nc(-c2ccccc2)cs1. The maximum Gasteiger partial charge on any atom is 0.186 e. The second kappa shape index (κ2) is 7.30. The van der Waals surface area contributed by atoms with E-state index in [1.165, 1.54) is 23.5 Å². The highest BCUT2D eigenvalue weighted by atomic mass is 32.1. The molecule has 108 valence electrons. The number of benzene rings is 1. The molecule has 1 aromatic heterocycles. The van der Waals surface area contributed by atoms with E-state index < -0.39 is 5.92 Å². The van der Waals surface area contributed by atoms with Crippen LogP contribution in [0.3, 0.4) is 0 Å². The Kier molecular flexibility index (Phi) is 5.18. The fourth-order valence-corrected chi connectivity index (χ4v) is 2.80. The van der Waals surface area contributed by atoms with Crippen LogP contribution in [0.5, 0.6) is 0 Å². The van der Waals surface area contributed by atoms with Crippen molar-refractivity contribution in [2.45, 2.75) is 5.92 Å². The van der Waals surface area contributed by atoms with Crippen molar-refractivity contribution < 1.29 is 4.79 Å². The first kappa shape index (κ1) is 15.6. The summed E-state index contributed by atoms with van der Waals surface area (Å²) in [5, 5.41) is 11.7. The van der Waals surface area contributed by atoms with Crippen molar-refractivity contribution in [3.8, 4) is 17.3 Å². The Morgan fingerprint density at radius 2 is 2.05 bits per heavy atom. The lowest BCUT2D eigenvalue weighted by atomic mass is 9.99. The number of rotatable bonds is 6. The highest BCUT2D eigenvalue weighted by Crippen LogP contribution is 2.28. The molecule has 4 heteroatoms. The van der Waals surface area contributed by atoms with Gasteiger partial charge in [0.15, 0.2) is 11.7 Å².